The lowest BCUT2D eigenvalue weighted by Gasteiger charge is -2.13. The van der Waals surface area contributed by atoms with E-state index in [2.05, 4.69) is 10.6 Å². The number of nitrogens with one attached hydrogen (secondary N) is 2. The minimum absolute atomic E-state index is 0.0911. The zero-order chi connectivity index (χ0) is 15.5. The van der Waals surface area contributed by atoms with Crippen LogP contribution in [-0.4, -0.2) is 17.2 Å². The number of anilines is 1. The van der Waals surface area contributed by atoms with E-state index >= 15 is 0 Å². The van der Waals surface area contributed by atoms with Gasteiger partial charge in [-0.25, -0.2) is 4.79 Å². The molecular weight excluding hydrogens is 282 g/mol. The summed E-state index contributed by atoms with van der Waals surface area (Å²) in [5, 5.41) is 5.61. The Morgan fingerprint density at radius 3 is 2.95 bits per heavy atom. The van der Waals surface area contributed by atoms with Crippen molar-refractivity contribution < 1.29 is 9.53 Å². The van der Waals surface area contributed by atoms with Gasteiger partial charge in [-0.05, 0) is 19.1 Å². The summed E-state index contributed by atoms with van der Waals surface area (Å²) in [6, 6.07) is 10.2. The maximum Gasteiger partial charge on any atom is 0.319 e. The Morgan fingerprint density at radius 2 is 2.14 bits per heavy atom. The van der Waals surface area contributed by atoms with E-state index in [1.807, 2.05) is 31.2 Å². The summed E-state index contributed by atoms with van der Waals surface area (Å²) in [7, 11) is 0. The third-order valence-electron chi connectivity index (χ3n) is 3.59. The topological polar surface area (TPSA) is 72.4 Å². The molecule has 1 atom stereocenters. The number of rotatable bonds is 3. The van der Waals surface area contributed by atoms with E-state index in [0.717, 1.165) is 11.3 Å². The summed E-state index contributed by atoms with van der Waals surface area (Å²) in [6.07, 6.45) is 1.63. The van der Waals surface area contributed by atoms with Gasteiger partial charge in [0.2, 0.25) is 0 Å². The summed E-state index contributed by atoms with van der Waals surface area (Å²) in [5.41, 5.74) is 1.45. The standard InChI is InChI=1S/C16H17N3O3/c1-2-19-9-11(7-8-15(19)20)17-16(21)18-13-10-22-14-6-4-3-5-12(13)14/h3-9,13H,2,10H2,1H3,(H2,17,18,21). The highest BCUT2D eigenvalue weighted by atomic mass is 16.5. The first kappa shape index (κ1) is 14.2. The Morgan fingerprint density at radius 1 is 1.32 bits per heavy atom. The van der Waals surface area contributed by atoms with E-state index in [-0.39, 0.29) is 17.6 Å². The molecule has 2 heterocycles. The average Bonchev–Trinajstić information content (AvgIpc) is 2.92. The number of carbonyl (C=O) groups excluding carboxylic acids is 1. The first-order valence-electron chi connectivity index (χ1n) is 7.17. The number of aryl methyl sites for hydroxylation is 1. The van der Waals surface area contributed by atoms with Gasteiger partial charge in [-0.1, -0.05) is 18.2 Å². The Balaban J connectivity index is 1.68. The second kappa shape index (κ2) is 5.93. The van der Waals surface area contributed by atoms with E-state index in [1.54, 1.807) is 12.3 Å². The number of hydrogen-bond donors (Lipinski definition) is 2. The minimum atomic E-state index is -0.327. The SMILES string of the molecule is CCn1cc(NC(=O)NC2COc3ccccc32)ccc1=O. The first-order chi connectivity index (χ1) is 10.7. The fraction of sp³-hybridized carbons (Fsp3) is 0.250. The van der Waals surface area contributed by atoms with Crippen molar-refractivity contribution in [2.24, 2.45) is 0 Å². The molecule has 0 bridgehead atoms. The molecule has 0 aliphatic carbocycles. The number of pyridine rings is 1. The van der Waals surface area contributed by atoms with Crippen LogP contribution >= 0.6 is 0 Å². The van der Waals surface area contributed by atoms with Crippen LogP contribution in [0.2, 0.25) is 0 Å². The van der Waals surface area contributed by atoms with E-state index in [9.17, 15) is 9.59 Å². The van der Waals surface area contributed by atoms with Gasteiger partial charge in [0.25, 0.3) is 5.56 Å². The van der Waals surface area contributed by atoms with Gasteiger partial charge < -0.3 is 19.9 Å². The van der Waals surface area contributed by atoms with Gasteiger partial charge in [0.1, 0.15) is 12.4 Å². The Bertz CT molecular complexity index is 754. The normalized spacial score (nSPS) is 15.8. The van der Waals surface area contributed by atoms with Crippen LogP contribution in [0.1, 0.15) is 18.5 Å². The van der Waals surface area contributed by atoms with Crippen LogP contribution in [0.15, 0.2) is 47.4 Å². The van der Waals surface area contributed by atoms with Gasteiger partial charge in [0.05, 0.1) is 11.7 Å². The molecule has 3 rings (SSSR count). The zero-order valence-corrected chi connectivity index (χ0v) is 12.2. The molecule has 6 heteroatoms. The maximum absolute atomic E-state index is 12.1. The summed E-state index contributed by atoms with van der Waals surface area (Å²) in [4.78, 5) is 23.6. The molecule has 1 aliphatic rings. The van der Waals surface area contributed by atoms with Crippen molar-refractivity contribution in [3.63, 3.8) is 0 Å². The molecule has 1 aromatic heterocycles. The van der Waals surface area contributed by atoms with Crippen LogP contribution in [0.4, 0.5) is 10.5 Å². The number of para-hydroxylation sites is 1. The molecule has 1 aromatic carbocycles. The van der Waals surface area contributed by atoms with Crippen LogP contribution in [0, 0.1) is 0 Å². The molecule has 0 radical (unpaired) electrons. The van der Waals surface area contributed by atoms with Crippen LogP contribution in [-0.2, 0) is 6.54 Å². The van der Waals surface area contributed by atoms with Crippen molar-refractivity contribution >= 4 is 11.7 Å². The second-order valence-corrected chi connectivity index (χ2v) is 5.04. The molecule has 2 aromatic rings. The van der Waals surface area contributed by atoms with Crippen molar-refractivity contribution in [3.8, 4) is 5.75 Å². The van der Waals surface area contributed by atoms with Gasteiger partial charge >= 0.3 is 6.03 Å². The molecule has 0 saturated carbocycles. The average molecular weight is 299 g/mol. The highest BCUT2D eigenvalue weighted by Gasteiger charge is 2.24. The number of amides is 2. The van der Waals surface area contributed by atoms with Crippen molar-refractivity contribution in [3.05, 3.63) is 58.5 Å². The molecule has 22 heavy (non-hydrogen) atoms. The predicted molar refractivity (Wildman–Crippen MR) is 83.2 cm³/mol. The van der Waals surface area contributed by atoms with E-state index in [1.165, 1.54) is 10.6 Å². The summed E-state index contributed by atoms with van der Waals surface area (Å²) >= 11 is 0. The quantitative estimate of drug-likeness (QED) is 0.912. The van der Waals surface area contributed by atoms with Crippen LogP contribution in [0.3, 0.4) is 0 Å². The number of aromatic nitrogens is 1. The summed E-state index contributed by atoms with van der Waals surface area (Å²) in [5.74, 6) is 0.798. The largest absolute Gasteiger partial charge is 0.491 e. The molecule has 1 unspecified atom stereocenters. The second-order valence-electron chi connectivity index (χ2n) is 5.04. The molecule has 6 nitrogen and oxygen atoms in total. The lowest BCUT2D eigenvalue weighted by Crippen LogP contribution is -2.33. The fourth-order valence-corrected chi connectivity index (χ4v) is 2.46. The molecule has 114 valence electrons. The van der Waals surface area contributed by atoms with Crippen LogP contribution < -0.4 is 20.9 Å². The van der Waals surface area contributed by atoms with E-state index < -0.39 is 0 Å². The van der Waals surface area contributed by atoms with Crippen molar-refractivity contribution in [1.29, 1.82) is 0 Å². The number of ether oxygens (including phenoxy) is 1. The summed E-state index contributed by atoms with van der Waals surface area (Å²) in [6.45, 7) is 2.85. The van der Waals surface area contributed by atoms with Gasteiger partial charge in [-0.2, -0.15) is 0 Å². The number of urea groups is 1. The Kier molecular flexibility index (Phi) is 3.82. The highest BCUT2D eigenvalue weighted by molar-refractivity contribution is 5.89. The number of carbonyl (C=O) groups is 1. The highest BCUT2D eigenvalue weighted by Crippen LogP contribution is 2.31. The molecule has 1 aliphatic heterocycles. The zero-order valence-electron chi connectivity index (χ0n) is 12.2. The molecule has 0 spiro atoms. The van der Waals surface area contributed by atoms with Gasteiger partial charge in [0, 0.05) is 24.4 Å². The van der Waals surface area contributed by atoms with Crippen LogP contribution in [0.25, 0.3) is 0 Å². The van der Waals surface area contributed by atoms with Gasteiger partial charge in [-0.3, -0.25) is 4.79 Å². The monoisotopic (exact) mass is 299 g/mol. The van der Waals surface area contributed by atoms with E-state index in [0.29, 0.717) is 18.8 Å². The Hall–Kier alpha value is -2.76. The van der Waals surface area contributed by atoms with Crippen molar-refractivity contribution in [1.82, 2.24) is 9.88 Å². The van der Waals surface area contributed by atoms with Gasteiger partial charge in [0.15, 0.2) is 0 Å². The lowest BCUT2D eigenvalue weighted by molar-refractivity contribution is 0.243. The molecule has 2 amide bonds. The van der Waals surface area contributed by atoms with Crippen LogP contribution in [0.5, 0.6) is 5.75 Å². The first-order valence-corrected chi connectivity index (χ1v) is 7.17. The molecule has 0 saturated heterocycles. The number of hydrogen-bond acceptors (Lipinski definition) is 3. The third kappa shape index (κ3) is 2.81. The number of fused-ring (bicyclic) bond motifs is 1. The minimum Gasteiger partial charge on any atom is -0.491 e. The molecule has 2 N–H and O–H groups in total. The third-order valence-corrected chi connectivity index (χ3v) is 3.59. The summed E-state index contributed by atoms with van der Waals surface area (Å²) < 4.78 is 7.06. The Labute approximate surface area is 127 Å². The number of benzene rings is 1. The van der Waals surface area contributed by atoms with Crippen molar-refractivity contribution in [2.75, 3.05) is 11.9 Å². The molecular formula is C16H17N3O3. The number of nitrogens with zero attached hydrogens (tertiary/aromatic N) is 1. The van der Waals surface area contributed by atoms with Crippen molar-refractivity contribution in [2.45, 2.75) is 19.5 Å². The van der Waals surface area contributed by atoms with Gasteiger partial charge in [-0.15, -0.1) is 0 Å². The predicted octanol–water partition coefficient (Wildman–Crippen LogP) is 2.12. The van der Waals surface area contributed by atoms with E-state index in [4.69, 9.17) is 4.74 Å². The lowest BCUT2D eigenvalue weighted by atomic mass is 10.1. The smallest absolute Gasteiger partial charge is 0.319 e. The fourth-order valence-electron chi connectivity index (χ4n) is 2.46. The molecule has 0 fully saturated rings. The maximum atomic E-state index is 12.1.